The predicted molar refractivity (Wildman–Crippen MR) is 105 cm³/mol. The number of thiazole rings is 1. The second-order valence-corrected chi connectivity index (χ2v) is 6.94. The molecule has 0 saturated heterocycles. The molecule has 7 heteroatoms. The van der Waals surface area contributed by atoms with Crippen molar-refractivity contribution < 1.29 is 13.9 Å². The molecule has 0 saturated carbocycles. The first-order chi connectivity index (χ1) is 13.0. The maximum atomic E-state index is 13.0. The predicted octanol–water partition coefficient (Wildman–Crippen LogP) is 4.03. The average molecular weight is 385 g/mol. The quantitative estimate of drug-likeness (QED) is 0.667. The van der Waals surface area contributed by atoms with Crippen LogP contribution < -0.4 is 10.1 Å². The van der Waals surface area contributed by atoms with Gasteiger partial charge in [-0.3, -0.25) is 9.69 Å². The van der Waals surface area contributed by atoms with Crippen molar-refractivity contribution in [3.8, 4) is 17.0 Å². The van der Waals surface area contributed by atoms with Crippen LogP contribution in [-0.4, -0.2) is 36.5 Å². The van der Waals surface area contributed by atoms with Gasteiger partial charge < -0.3 is 10.1 Å². The number of nitrogens with one attached hydrogen (secondary N) is 1. The molecule has 3 aromatic rings. The Hall–Kier alpha value is -2.77. The smallest absolute Gasteiger partial charge is 0.240 e. The van der Waals surface area contributed by atoms with E-state index < -0.39 is 0 Å². The van der Waals surface area contributed by atoms with Gasteiger partial charge in [-0.1, -0.05) is 18.2 Å². The van der Waals surface area contributed by atoms with E-state index in [1.807, 2.05) is 41.6 Å². The van der Waals surface area contributed by atoms with Gasteiger partial charge in [-0.05, 0) is 37.4 Å². The van der Waals surface area contributed by atoms with Gasteiger partial charge >= 0.3 is 0 Å². The summed E-state index contributed by atoms with van der Waals surface area (Å²) in [6, 6.07) is 13.8. The zero-order chi connectivity index (χ0) is 19.2. The van der Waals surface area contributed by atoms with E-state index in [2.05, 4.69) is 10.3 Å². The van der Waals surface area contributed by atoms with Crippen LogP contribution in [0.2, 0.25) is 0 Å². The number of carbonyl (C=O) groups excluding carboxylic acids is 1. The minimum absolute atomic E-state index is 0.146. The molecule has 3 rings (SSSR count). The maximum Gasteiger partial charge on any atom is 0.240 e. The number of rotatable bonds is 7. The Morgan fingerprint density at radius 3 is 2.70 bits per heavy atom. The molecule has 0 bridgehead atoms. The van der Waals surface area contributed by atoms with E-state index in [-0.39, 0.29) is 18.3 Å². The number of nitrogens with zero attached hydrogens (tertiary/aromatic N) is 2. The topological polar surface area (TPSA) is 54.5 Å². The molecule has 0 atom stereocenters. The number of hydrogen-bond donors (Lipinski definition) is 1. The third kappa shape index (κ3) is 5.12. The van der Waals surface area contributed by atoms with Gasteiger partial charge in [0.1, 0.15) is 11.6 Å². The normalized spacial score (nSPS) is 10.8. The third-order valence-electron chi connectivity index (χ3n) is 3.94. The lowest BCUT2D eigenvalue weighted by molar-refractivity contribution is -0.117. The Bertz CT molecular complexity index is 912. The highest BCUT2D eigenvalue weighted by Crippen LogP contribution is 2.25. The molecule has 27 heavy (non-hydrogen) atoms. The van der Waals surface area contributed by atoms with E-state index in [4.69, 9.17) is 4.74 Å². The zero-order valence-electron chi connectivity index (χ0n) is 15.1. The summed E-state index contributed by atoms with van der Waals surface area (Å²) >= 11 is 1.34. The van der Waals surface area contributed by atoms with Gasteiger partial charge in [0, 0.05) is 23.1 Å². The number of benzene rings is 2. The minimum Gasteiger partial charge on any atom is -0.496 e. The summed E-state index contributed by atoms with van der Waals surface area (Å²) in [5.41, 5.74) is 2.53. The minimum atomic E-state index is -0.291. The number of aromatic nitrogens is 1. The number of methoxy groups -OCH3 is 1. The van der Waals surface area contributed by atoms with Gasteiger partial charge in [0.2, 0.25) is 5.91 Å². The number of amides is 1. The van der Waals surface area contributed by atoms with E-state index in [0.29, 0.717) is 17.4 Å². The molecule has 0 aliphatic rings. The van der Waals surface area contributed by atoms with Gasteiger partial charge in [-0.2, -0.15) is 0 Å². The molecule has 0 spiro atoms. The van der Waals surface area contributed by atoms with Crippen molar-refractivity contribution in [1.29, 1.82) is 0 Å². The van der Waals surface area contributed by atoms with Crippen LogP contribution in [0.25, 0.3) is 11.3 Å². The van der Waals surface area contributed by atoms with Crippen LogP contribution in [0.15, 0.2) is 53.9 Å². The van der Waals surface area contributed by atoms with Crippen LogP contribution in [0.5, 0.6) is 5.75 Å². The lowest BCUT2D eigenvalue weighted by Crippen LogP contribution is -2.29. The number of ether oxygens (including phenoxy) is 1. The highest BCUT2D eigenvalue weighted by Gasteiger charge is 2.12. The monoisotopic (exact) mass is 385 g/mol. The summed E-state index contributed by atoms with van der Waals surface area (Å²) in [7, 11) is 3.50. The Kier molecular flexibility index (Phi) is 6.16. The second-order valence-electron chi connectivity index (χ2n) is 6.08. The first-order valence-electron chi connectivity index (χ1n) is 8.37. The fourth-order valence-electron chi connectivity index (χ4n) is 2.67. The van der Waals surface area contributed by atoms with Crippen LogP contribution in [0, 0.1) is 5.82 Å². The van der Waals surface area contributed by atoms with Crippen LogP contribution >= 0.6 is 11.3 Å². The van der Waals surface area contributed by atoms with Gasteiger partial charge in [-0.25, -0.2) is 9.37 Å². The first kappa shape index (κ1) is 19.0. The molecule has 1 aromatic heterocycles. The molecular formula is C20H20FN3O2S. The van der Waals surface area contributed by atoms with Crippen LogP contribution in [0.3, 0.4) is 0 Å². The van der Waals surface area contributed by atoms with E-state index in [1.165, 1.54) is 23.5 Å². The summed E-state index contributed by atoms with van der Waals surface area (Å²) in [4.78, 5) is 18.6. The van der Waals surface area contributed by atoms with E-state index in [1.54, 1.807) is 19.2 Å². The average Bonchev–Trinajstić information content (AvgIpc) is 3.10. The largest absolute Gasteiger partial charge is 0.496 e. The molecule has 2 aromatic carbocycles. The standard InChI is InChI=1S/C20H20FN3O2S/c1-24(11-15-5-3-4-6-18(15)26-2)12-19(25)23-20-22-17(13-27-20)14-7-9-16(21)10-8-14/h3-10,13H,11-12H2,1-2H3,(H,22,23,25). The Labute approximate surface area is 161 Å². The van der Waals surface area contributed by atoms with Crippen molar-refractivity contribution >= 4 is 22.4 Å². The van der Waals surface area contributed by atoms with Gasteiger partial charge in [0.25, 0.3) is 0 Å². The third-order valence-corrected chi connectivity index (χ3v) is 4.69. The van der Waals surface area contributed by atoms with E-state index in [9.17, 15) is 9.18 Å². The zero-order valence-corrected chi connectivity index (χ0v) is 15.9. The lowest BCUT2D eigenvalue weighted by Gasteiger charge is -2.17. The summed E-state index contributed by atoms with van der Waals surface area (Å²) in [5.74, 6) is 0.363. The van der Waals surface area contributed by atoms with Crippen molar-refractivity contribution in [2.75, 3.05) is 26.0 Å². The van der Waals surface area contributed by atoms with Crippen LogP contribution in [0.4, 0.5) is 9.52 Å². The lowest BCUT2D eigenvalue weighted by atomic mass is 10.2. The number of hydrogen-bond acceptors (Lipinski definition) is 5. The van der Waals surface area contributed by atoms with Gasteiger partial charge in [0.05, 0.1) is 19.3 Å². The van der Waals surface area contributed by atoms with E-state index >= 15 is 0 Å². The molecule has 1 amide bonds. The molecule has 0 radical (unpaired) electrons. The molecule has 1 heterocycles. The Morgan fingerprint density at radius 2 is 1.96 bits per heavy atom. The van der Waals surface area contributed by atoms with Crippen molar-refractivity contribution in [3.05, 3.63) is 65.3 Å². The molecule has 1 N–H and O–H groups in total. The molecule has 0 aliphatic heterocycles. The van der Waals surface area contributed by atoms with Crippen molar-refractivity contribution in [3.63, 3.8) is 0 Å². The van der Waals surface area contributed by atoms with Crippen LogP contribution in [-0.2, 0) is 11.3 Å². The van der Waals surface area contributed by atoms with Gasteiger partial charge in [-0.15, -0.1) is 11.3 Å². The first-order valence-corrected chi connectivity index (χ1v) is 9.25. The molecule has 0 aliphatic carbocycles. The SMILES string of the molecule is COc1ccccc1CN(C)CC(=O)Nc1nc(-c2ccc(F)cc2)cs1. The fourth-order valence-corrected chi connectivity index (χ4v) is 3.40. The van der Waals surface area contributed by atoms with Gasteiger partial charge in [0.15, 0.2) is 5.13 Å². The highest BCUT2D eigenvalue weighted by molar-refractivity contribution is 7.14. The number of anilines is 1. The van der Waals surface area contributed by atoms with E-state index in [0.717, 1.165) is 16.9 Å². The van der Waals surface area contributed by atoms with Crippen molar-refractivity contribution in [2.45, 2.75) is 6.54 Å². The fraction of sp³-hybridized carbons (Fsp3) is 0.200. The number of para-hydroxylation sites is 1. The summed E-state index contributed by atoms with van der Waals surface area (Å²) in [6.45, 7) is 0.819. The Balaban J connectivity index is 1.57. The molecular weight excluding hydrogens is 365 g/mol. The molecule has 5 nitrogen and oxygen atoms in total. The number of halogens is 1. The van der Waals surface area contributed by atoms with Crippen LogP contribution in [0.1, 0.15) is 5.56 Å². The Morgan fingerprint density at radius 1 is 1.22 bits per heavy atom. The second kappa shape index (κ2) is 8.75. The van der Waals surface area contributed by atoms with Crippen molar-refractivity contribution in [2.24, 2.45) is 0 Å². The molecule has 140 valence electrons. The summed E-state index contributed by atoms with van der Waals surface area (Å²) in [5, 5.41) is 5.16. The molecule has 0 unspecified atom stereocenters. The maximum absolute atomic E-state index is 13.0. The summed E-state index contributed by atoms with van der Waals surface area (Å²) < 4.78 is 18.4. The van der Waals surface area contributed by atoms with Crippen molar-refractivity contribution in [1.82, 2.24) is 9.88 Å². The summed E-state index contributed by atoms with van der Waals surface area (Å²) in [6.07, 6.45) is 0. The number of likely N-dealkylation sites (N-methyl/N-ethyl adjacent to an activating group) is 1. The molecule has 0 fully saturated rings. The highest BCUT2D eigenvalue weighted by atomic mass is 32.1. The number of carbonyl (C=O) groups is 1.